The molecule has 1 aromatic carbocycles. The maximum atomic E-state index is 8.72. The summed E-state index contributed by atoms with van der Waals surface area (Å²) in [5.74, 6) is 0.733. The first-order valence-electron chi connectivity index (χ1n) is 4.97. The molecule has 0 radical (unpaired) electrons. The second-order valence-corrected chi connectivity index (χ2v) is 4.37. The van der Waals surface area contributed by atoms with E-state index in [0.29, 0.717) is 10.2 Å². The lowest BCUT2D eigenvalue weighted by Gasteiger charge is -2.03. The molecule has 0 atom stereocenters. The van der Waals surface area contributed by atoms with Crippen molar-refractivity contribution in [2.45, 2.75) is 6.42 Å². The van der Waals surface area contributed by atoms with Crippen molar-refractivity contribution in [3.05, 3.63) is 40.1 Å². The molecule has 5 heteroatoms. The zero-order chi connectivity index (χ0) is 12.4. The number of aromatic nitrogens is 2. The minimum absolute atomic E-state index is 0.246. The highest BCUT2D eigenvalue weighted by Crippen LogP contribution is 2.25. The van der Waals surface area contributed by atoms with Crippen molar-refractivity contribution >= 4 is 23.2 Å². The van der Waals surface area contributed by atoms with Crippen LogP contribution < -0.4 is 0 Å². The SMILES string of the molecule is Cn1c(-c2ccc(Cl)cc2)nc(Cl)c1CC#N. The topological polar surface area (TPSA) is 41.6 Å². The molecular weight excluding hydrogens is 257 g/mol. The number of nitrogens with zero attached hydrogens (tertiary/aromatic N) is 3. The molecule has 0 aliphatic carbocycles. The summed E-state index contributed by atoms with van der Waals surface area (Å²) in [6.45, 7) is 0. The van der Waals surface area contributed by atoms with Crippen molar-refractivity contribution in [1.29, 1.82) is 5.26 Å². The number of halogens is 2. The van der Waals surface area contributed by atoms with E-state index in [2.05, 4.69) is 11.1 Å². The van der Waals surface area contributed by atoms with Crippen LogP contribution in [0.4, 0.5) is 0 Å². The summed E-state index contributed by atoms with van der Waals surface area (Å²) >= 11 is 11.8. The van der Waals surface area contributed by atoms with E-state index in [4.69, 9.17) is 28.5 Å². The molecule has 0 bridgehead atoms. The quantitative estimate of drug-likeness (QED) is 0.835. The van der Waals surface area contributed by atoms with E-state index in [1.54, 1.807) is 12.1 Å². The second-order valence-electron chi connectivity index (χ2n) is 3.57. The van der Waals surface area contributed by atoms with Gasteiger partial charge in [0, 0.05) is 17.6 Å². The normalized spacial score (nSPS) is 10.2. The standard InChI is InChI=1S/C12H9Cl2N3/c1-17-10(6-7-15)11(14)16-12(17)8-2-4-9(13)5-3-8/h2-5H,6H2,1H3. The molecule has 2 rings (SSSR count). The van der Waals surface area contributed by atoms with Gasteiger partial charge >= 0.3 is 0 Å². The largest absolute Gasteiger partial charge is 0.329 e. The molecule has 3 nitrogen and oxygen atoms in total. The highest BCUT2D eigenvalue weighted by Gasteiger charge is 2.13. The summed E-state index contributed by atoms with van der Waals surface area (Å²) in [5.41, 5.74) is 1.64. The Balaban J connectivity index is 2.50. The summed E-state index contributed by atoms with van der Waals surface area (Å²) in [4.78, 5) is 4.26. The van der Waals surface area contributed by atoms with E-state index < -0.39 is 0 Å². The molecule has 2 aromatic rings. The number of rotatable bonds is 2. The fourth-order valence-corrected chi connectivity index (χ4v) is 2.02. The van der Waals surface area contributed by atoms with Crippen molar-refractivity contribution in [1.82, 2.24) is 9.55 Å². The van der Waals surface area contributed by atoms with E-state index >= 15 is 0 Å². The van der Waals surface area contributed by atoms with E-state index in [1.807, 2.05) is 23.7 Å². The van der Waals surface area contributed by atoms with Gasteiger partial charge in [-0.15, -0.1) is 0 Å². The third kappa shape index (κ3) is 2.28. The molecule has 0 saturated carbocycles. The van der Waals surface area contributed by atoms with E-state index in [-0.39, 0.29) is 6.42 Å². The lowest BCUT2D eigenvalue weighted by molar-refractivity contribution is 0.864. The van der Waals surface area contributed by atoms with Gasteiger partial charge in [-0.05, 0) is 24.3 Å². The van der Waals surface area contributed by atoms with Gasteiger partial charge in [0.05, 0.1) is 18.2 Å². The lowest BCUT2D eigenvalue weighted by atomic mass is 10.2. The van der Waals surface area contributed by atoms with E-state index in [1.165, 1.54) is 0 Å². The number of hydrogen-bond acceptors (Lipinski definition) is 2. The summed E-state index contributed by atoms with van der Waals surface area (Å²) in [6.07, 6.45) is 0.246. The van der Waals surface area contributed by atoms with Gasteiger partial charge in [0.15, 0.2) is 5.15 Å². The molecule has 1 aromatic heterocycles. The summed E-state index contributed by atoms with van der Waals surface area (Å²) in [6, 6.07) is 9.41. The van der Waals surface area contributed by atoms with Crippen LogP contribution in [-0.2, 0) is 13.5 Å². The Hall–Kier alpha value is -1.50. The third-order valence-corrected chi connectivity index (χ3v) is 3.07. The average Bonchev–Trinajstić information content (AvgIpc) is 2.59. The van der Waals surface area contributed by atoms with Gasteiger partial charge in [-0.3, -0.25) is 0 Å². The molecule has 0 aliphatic rings. The van der Waals surface area contributed by atoms with Crippen LogP contribution in [0.5, 0.6) is 0 Å². The van der Waals surface area contributed by atoms with Gasteiger partial charge < -0.3 is 4.57 Å². The fourth-order valence-electron chi connectivity index (χ4n) is 1.62. The van der Waals surface area contributed by atoms with Gasteiger partial charge in [0.2, 0.25) is 0 Å². The van der Waals surface area contributed by atoms with Gasteiger partial charge in [0.25, 0.3) is 0 Å². The smallest absolute Gasteiger partial charge is 0.152 e. The Labute approximate surface area is 109 Å². The first-order chi connectivity index (χ1) is 8.13. The summed E-state index contributed by atoms with van der Waals surface area (Å²) in [5, 5.41) is 9.76. The Kier molecular flexibility index (Phi) is 3.37. The number of imidazole rings is 1. The summed E-state index contributed by atoms with van der Waals surface area (Å²) < 4.78 is 1.83. The van der Waals surface area contributed by atoms with Crippen LogP contribution in [0.1, 0.15) is 5.69 Å². The molecule has 0 spiro atoms. The van der Waals surface area contributed by atoms with Crippen LogP contribution in [0.2, 0.25) is 10.2 Å². The third-order valence-electron chi connectivity index (χ3n) is 2.51. The molecule has 0 aliphatic heterocycles. The molecule has 0 N–H and O–H groups in total. The van der Waals surface area contributed by atoms with Crippen LogP contribution in [0.15, 0.2) is 24.3 Å². The molecule has 0 fully saturated rings. The van der Waals surface area contributed by atoms with Gasteiger partial charge in [-0.1, -0.05) is 23.2 Å². The van der Waals surface area contributed by atoms with E-state index in [9.17, 15) is 0 Å². The first kappa shape index (κ1) is 12.0. The Morgan fingerprint density at radius 2 is 1.94 bits per heavy atom. The van der Waals surface area contributed by atoms with Crippen LogP contribution in [0, 0.1) is 11.3 Å². The first-order valence-corrected chi connectivity index (χ1v) is 5.73. The summed E-state index contributed by atoms with van der Waals surface area (Å²) in [7, 11) is 1.84. The predicted octanol–water partition coefficient (Wildman–Crippen LogP) is 3.46. The van der Waals surface area contributed by atoms with Crippen molar-refractivity contribution in [3.8, 4) is 17.5 Å². The molecule has 0 unspecified atom stereocenters. The minimum Gasteiger partial charge on any atom is -0.329 e. The number of hydrogen-bond donors (Lipinski definition) is 0. The highest BCUT2D eigenvalue weighted by molar-refractivity contribution is 6.30. The molecule has 86 valence electrons. The van der Waals surface area contributed by atoms with Gasteiger partial charge in [-0.2, -0.15) is 5.26 Å². The van der Waals surface area contributed by atoms with Crippen molar-refractivity contribution < 1.29 is 0 Å². The van der Waals surface area contributed by atoms with Crippen molar-refractivity contribution in [2.24, 2.45) is 7.05 Å². The van der Waals surface area contributed by atoms with E-state index in [0.717, 1.165) is 17.1 Å². The highest BCUT2D eigenvalue weighted by atomic mass is 35.5. The second kappa shape index (κ2) is 4.79. The van der Waals surface area contributed by atoms with Gasteiger partial charge in [-0.25, -0.2) is 4.98 Å². The maximum absolute atomic E-state index is 8.72. The fraction of sp³-hybridized carbons (Fsp3) is 0.167. The molecular formula is C12H9Cl2N3. The Bertz CT molecular complexity index is 579. The maximum Gasteiger partial charge on any atom is 0.152 e. The van der Waals surface area contributed by atoms with Crippen LogP contribution in [-0.4, -0.2) is 9.55 Å². The predicted molar refractivity (Wildman–Crippen MR) is 68.0 cm³/mol. The molecule has 0 amide bonds. The number of nitriles is 1. The zero-order valence-corrected chi connectivity index (χ0v) is 10.6. The minimum atomic E-state index is 0.246. The molecule has 0 saturated heterocycles. The lowest BCUT2D eigenvalue weighted by Crippen LogP contribution is -1.98. The molecule has 1 heterocycles. The monoisotopic (exact) mass is 265 g/mol. The van der Waals surface area contributed by atoms with Crippen LogP contribution in [0.3, 0.4) is 0 Å². The van der Waals surface area contributed by atoms with Crippen LogP contribution >= 0.6 is 23.2 Å². The van der Waals surface area contributed by atoms with Crippen LogP contribution in [0.25, 0.3) is 11.4 Å². The molecule has 17 heavy (non-hydrogen) atoms. The Morgan fingerprint density at radius 3 is 2.53 bits per heavy atom. The Morgan fingerprint density at radius 1 is 1.29 bits per heavy atom. The zero-order valence-electron chi connectivity index (χ0n) is 9.11. The number of benzene rings is 1. The average molecular weight is 266 g/mol. The van der Waals surface area contributed by atoms with Crippen molar-refractivity contribution in [3.63, 3.8) is 0 Å². The van der Waals surface area contributed by atoms with Crippen molar-refractivity contribution in [2.75, 3.05) is 0 Å². The van der Waals surface area contributed by atoms with Gasteiger partial charge in [0.1, 0.15) is 5.82 Å².